The van der Waals surface area contributed by atoms with Gasteiger partial charge in [0.15, 0.2) is 24.4 Å². The minimum Gasteiger partial charge on any atom is -0.462 e. The van der Waals surface area contributed by atoms with E-state index in [1.54, 1.807) is 13.8 Å². The summed E-state index contributed by atoms with van der Waals surface area (Å²) in [5.41, 5.74) is 23.1. The zero-order chi connectivity index (χ0) is 35.1. The van der Waals surface area contributed by atoms with Crippen LogP contribution in [0.2, 0.25) is 0 Å². The molecule has 1 heterocycles. The van der Waals surface area contributed by atoms with Crippen molar-refractivity contribution >= 4 is 42.0 Å². The Kier molecular flexibility index (Phi) is 17.3. The maximum absolute atomic E-state index is 13.4. The molecule has 1 amide bonds. The van der Waals surface area contributed by atoms with Crippen LogP contribution in [-0.4, -0.2) is 116 Å². The molecule has 18 nitrogen and oxygen atoms in total. The number of hydrogen-bond donors (Lipinski definition) is 6. The average Bonchev–Trinajstić information content (AvgIpc) is 3.52. The fourth-order valence-corrected chi connectivity index (χ4v) is 4.16. The summed E-state index contributed by atoms with van der Waals surface area (Å²) >= 11 is 0. The van der Waals surface area contributed by atoms with E-state index < -0.39 is 104 Å². The third-order valence-corrected chi connectivity index (χ3v) is 6.56. The lowest BCUT2D eigenvalue weighted by Gasteiger charge is -2.35. The molecule has 18 heteroatoms. The average molecular weight is 661 g/mol. The summed E-state index contributed by atoms with van der Waals surface area (Å²) in [5, 5.41) is 5.18. The van der Waals surface area contributed by atoms with E-state index in [4.69, 9.17) is 46.6 Å². The predicted molar refractivity (Wildman–Crippen MR) is 159 cm³/mol. The second-order valence-corrected chi connectivity index (χ2v) is 11.5. The standard InChI is InChI=1S/C28H48N6O12/c1-13(2)9-17(31)26(39)46-23(21(12-43-25(38)15(4)30)44-27(40)19-7-6-8-33-19)22(18(32)10-35)45-28(41)20(34-16(5)36)11-42-24(37)14(3)29/h10,13-15,17-23,33H,6-9,11-12,29-32H2,1-5H3,(H,34,36)/t14-,15-,17-,18-,19-,20-,21+,22+,23+/m0/s1. The second-order valence-electron chi connectivity index (χ2n) is 11.5. The smallest absolute Gasteiger partial charge is 0.332 e. The van der Waals surface area contributed by atoms with Gasteiger partial charge in [0.1, 0.15) is 49.7 Å². The SMILES string of the molecule is CC(=O)N[C@@H](COC(=O)[C@H](C)N)C(=O)O[C@@H]([C@H](OC(=O)[C@@H](N)CC(C)C)[C@@H](COC(=O)[C@H](C)N)OC(=O)[C@@H]1CCCN1)[C@@H](N)C=O. The van der Waals surface area contributed by atoms with Gasteiger partial charge in [0.05, 0.1) is 0 Å². The van der Waals surface area contributed by atoms with Crippen molar-refractivity contribution in [2.75, 3.05) is 19.8 Å². The summed E-state index contributed by atoms with van der Waals surface area (Å²) in [6.07, 6.45) is -4.12. The zero-order valence-corrected chi connectivity index (χ0v) is 26.8. The highest BCUT2D eigenvalue weighted by Gasteiger charge is 2.45. The number of aldehydes is 1. The maximum Gasteiger partial charge on any atom is 0.332 e. The molecular weight excluding hydrogens is 612 g/mol. The predicted octanol–water partition coefficient (Wildman–Crippen LogP) is -3.34. The molecule has 1 rings (SSSR count). The molecule has 0 aromatic carbocycles. The third-order valence-electron chi connectivity index (χ3n) is 6.56. The number of hydrogen-bond acceptors (Lipinski definition) is 17. The number of ether oxygens (including phenoxy) is 5. The lowest BCUT2D eigenvalue weighted by atomic mass is 10.0. The summed E-state index contributed by atoms with van der Waals surface area (Å²) in [6, 6.07) is -7.51. The summed E-state index contributed by atoms with van der Waals surface area (Å²) in [5.74, 6) is -5.75. The van der Waals surface area contributed by atoms with Gasteiger partial charge in [-0.2, -0.15) is 0 Å². The van der Waals surface area contributed by atoms with E-state index in [0.717, 1.165) is 6.92 Å². The van der Waals surface area contributed by atoms with Gasteiger partial charge >= 0.3 is 29.8 Å². The van der Waals surface area contributed by atoms with E-state index in [9.17, 15) is 33.6 Å². The first-order valence-electron chi connectivity index (χ1n) is 14.9. The summed E-state index contributed by atoms with van der Waals surface area (Å²) in [6.45, 7) is 6.34. The first kappa shape index (κ1) is 40.3. The quantitative estimate of drug-likeness (QED) is 0.0448. The Bertz CT molecular complexity index is 1070. The van der Waals surface area contributed by atoms with Crippen LogP contribution in [-0.2, 0) is 57.2 Å². The lowest BCUT2D eigenvalue weighted by molar-refractivity contribution is -0.196. The molecule has 9 atom stereocenters. The maximum atomic E-state index is 13.4. The number of nitrogens with one attached hydrogen (secondary N) is 2. The summed E-state index contributed by atoms with van der Waals surface area (Å²) in [4.78, 5) is 87.7. The van der Waals surface area contributed by atoms with E-state index in [2.05, 4.69) is 10.6 Å². The Labute approximate surface area is 267 Å². The number of esters is 5. The highest BCUT2D eigenvalue weighted by atomic mass is 16.6. The Balaban J connectivity index is 3.60. The van der Waals surface area contributed by atoms with Crippen molar-refractivity contribution in [1.29, 1.82) is 0 Å². The van der Waals surface area contributed by atoms with Crippen molar-refractivity contribution in [3.05, 3.63) is 0 Å². The van der Waals surface area contributed by atoms with Crippen LogP contribution in [0.15, 0.2) is 0 Å². The zero-order valence-electron chi connectivity index (χ0n) is 26.8. The molecule has 262 valence electrons. The molecule has 0 bridgehead atoms. The molecule has 0 radical (unpaired) electrons. The van der Waals surface area contributed by atoms with Crippen molar-refractivity contribution in [3.63, 3.8) is 0 Å². The molecule has 0 saturated carbocycles. The van der Waals surface area contributed by atoms with Gasteiger partial charge in [-0.1, -0.05) is 13.8 Å². The van der Waals surface area contributed by atoms with Crippen molar-refractivity contribution in [1.82, 2.24) is 10.6 Å². The Hall–Kier alpha value is -3.71. The molecule has 10 N–H and O–H groups in total. The molecule has 46 heavy (non-hydrogen) atoms. The lowest BCUT2D eigenvalue weighted by Crippen LogP contribution is -2.58. The molecule has 1 fully saturated rings. The van der Waals surface area contributed by atoms with Gasteiger partial charge in [0.2, 0.25) is 5.91 Å². The van der Waals surface area contributed by atoms with E-state index >= 15 is 0 Å². The van der Waals surface area contributed by atoms with Gasteiger partial charge < -0.3 is 62.0 Å². The van der Waals surface area contributed by atoms with Gasteiger partial charge in [0.25, 0.3) is 0 Å². The molecular formula is C28H48N6O12. The van der Waals surface area contributed by atoms with Gasteiger partial charge in [-0.25, -0.2) is 4.79 Å². The molecule has 1 saturated heterocycles. The van der Waals surface area contributed by atoms with Gasteiger partial charge in [-0.3, -0.25) is 24.0 Å². The topological polar surface area (TPSA) is 294 Å². The Morgan fingerprint density at radius 1 is 0.826 bits per heavy atom. The van der Waals surface area contributed by atoms with E-state index in [1.165, 1.54) is 13.8 Å². The second kappa shape index (κ2) is 19.7. The van der Waals surface area contributed by atoms with Crippen LogP contribution in [0.5, 0.6) is 0 Å². The van der Waals surface area contributed by atoms with Crippen molar-refractivity contribution in [2.24, 2.45) is 28.9 Å². The van der Waals surface area contributed by atoms with E-state index in [1.807, 2.05) is 0 Å². The summed E-state index contributed by atoms with van der Waals surface area (Å²) in [7, 11) is 0. The minimum absolute atomic E-state index is 0.0571. The Morgan fingerprint density at radius 3 is 1.87 bits per heavy atom. The van der Waals surface area contributed by atoms with Crippen molar-refractivity contribution in [2.45, 2.75) is 108 Å². The first-order chi connectivity index (χ1) is 21.5. The first-order valence-corrected chi connectivity index (χ1v) is 14.9. The van der Waals surface area contributed by atoms with Gasteiger partial charge in [-0.05, 0) is 45.6 Å². The third kappa shape index (κ3) is 13.7. The number of carbonyl (C=O) groups excluding carboxylic acids is 7. The largest absolute Gasteiger partial charge is 0.462 e. The van der Waals surface area contributed by atoms with Crippen molar-refractivity contribution < 1.29 is 57.2 Å². The minimum atomic E-state index is -1.91. The molecule has 0 aromatic rings. The number of carbonyl (C=O) groups is 7. The van der Waals surface area contributed by atoms with E-state index in [-0.39, 0.29) is 18.6 Å². The van der Waals surface area contributed by atoms with Crippen LogP contribution >= 0.6 is 0 Å². The molecule has 0 aliphatic carbocycles. The molecule has 1 aliphatic rings. The number of rotatable bonds is 19. The van der Waals surface area contributed by atoms with Crippen LogP contribution in [0.25, 0.3) is 0 Å². The van der Waals surface area contributed by atoms with Gasteiger partial charge in [0, 0.05) is 6.92 Å². The number of amides is 1. The molecule has 0 aromatic heterocycles. The van der Waals surface area contributed by atoms with E-state index in [0.29, 0.717) is 19.4 Å². The molecule has 0 unspecified atom stereocenters. The van der Waals surface area contributed by atoms with Crippen molar-refractivity contribution in [3.8, 4) is 0 Å². The number of nitrogens with two attached hydrogens (primary N) is 4. The molecule has 0 spiro atoms. The van der Waals surface area contributed by atoms with Crippen LogP contribution in [0.3, 0.4) is 0 Å². The Morgan fingerprint density at radius 2 is 1.39 bits per heavy atom. The van der Waals surface area contributed by atoms with Crippen LogP contribution in [0, 0.1) is 5.92 Å². The monoisotopic (exact) mass is 660 g/mol. The highest BCUT2D eigenvalue weighted by Crippen LogP contribution is 2.20. The normalized spacial score (nSPS) is 19.7. The summed E-state index contributed by atoms with van der Waals surface area (Å²) < 4.78 is 26.9. The fourth-order valence-electron chi connectivity index (χ4n) is 4.16. The molecule has 1 aliphatic heterocycles. The van der Waals surface area contributed by atoms with Gasteiger partial charge in [-0.15, -0.1) is 0 Å². The van der Waals surface area contributed by atoms with Crippen LogP contribution in [0.1, 0.15) is 53.9 Å². The van der Waals surface area contributed by atoms with Crippen LogP contribution in [0.4, 0.5) is 0 Å². The highest BCUT2D eigenvalue weighted by molar-refractivity contribution is 5.84. The van der Waals surface area contributed by atoms with Crippen LogP contribution < -0.4 is 33.6 Å². The fraction of sp³-hybridized carbons (Fsp3) is 0.750.